The van der Waals surface area contributed by atoms with Crippen molar-refractivity contribution in [3.63, 3.8) is 0 Å². The second kappa shape index (κ2) is 6.89. The number of hydrogen-bond acceptors (Lipinski definition) is 4. The number of nitrogens with one attached hydrogen (secondary N) is 1. The number of ether oxygens (including phenoxy) is 1. The van der Waals surface area contributed by atoms with Crippen LogP contribution in [0.15, 0.2) is 30.6 Å². The molecular formula is C14H20N4O. The molecule has 0 aliphatic heterocycles. The molecule has 0 aliphatic rings. The minimum atomic E-state index is 0.690. The second-order valence-electron chi connectivity index (χ2n) is 4.33. The highest BCUT2D eigenvalue weighted by atomic mass is 16.5. The van der Waals surface area contributed by atoms with Gasteiger partial charge in [-0.3, -0.25) is 0 Å². The third-order valence-electron chi connectivity index (χ3n) is 2.92. The third-order valence-corrected chi connectivity index (χ3v) is 2.92. The van der Waals surface area contributed by atoms with Gasteiger partial charge in [-0.25, -0.2) is 0 Å². The molecule has 0 radical (unpaired) electrons. The molecule has 1 aromatic heterocycles. The van der Waals surface area contributed by atoms with Crippen LogP contribution in [-0.4, -0.2) is 27.9 Å². The third kappa shape index (κ3) is 3.79. The van der Waals surface area contributed by atoms with Crippen molar-refractivity contribution in [2.24, 2.45) is 7.05 Å². The Labute approximate surface area is 113 Å². The maximum Gasteiger partial charge on any atom is 0.133 e. The molecule has 102 valence electrons. The Balaban J connectivity index is 1.81. The Morgan fingerprint density at radius 2 is 2.16 bits per heavy atom. The zero-order valence-corrected chi connectivity index (χ0v) is 11.5. The van der Waals surface area contributed by atoms with E-state index >= 15 is 0 Å². The molecule has 2 rings (SSSR count). The zero-order chi connectivity index (χ0) is 13.5. The summed E-state index contributed by atoms with van der Waals surface area (Å²) >= 11 is 0. The van der Waals surface area contributed by atoms with Gasteiger partial charge in [0, 0.05) is 32.1 Å². The fourth-order valence-corrected chi connectivity index (χ4v) is 1.90. The molecule has 0 saturated heterocycles. The molecule has 0 amide bonds. The summed E-state index contributed by atoms with van der Waals surface area (Å²) in [6, 6.07) is 8.11. The van der Waals surface area contributed by atoms with Gasteiger partial charge in [-0.15, -0.1) is 10.2 Å². The summed E-state index contributed by atoms with van der Waals surface area (Å²) in [6.45, 7) is 4.36. The summed E-state index contributed by atoms with van der Waals surface area (Å²) in [5.74, 6) is 1.95. The first kappa shape index (κ1) is 13.5. The van der Waals surface area contributed by atoms with E-state index in [1.54, 1.807) is 6.33 Å². The predicted molar refractivity (Wildman–Crippen MR) is 74.0 cm³/mol. The van der Waals surface area contributed by atoms with Crippen molar-refractivity contribution in [1.82, 2.24) is 20.1 Å². The first-order valence-electron chi connectivity index (χ1n) is 6.55. The summed E-state index contributed by atoms with van der Waals surface area (Å²) in [5.41, 5.74) is 1.18. The quantitative estimate of drug-likeness (QED) is 0.767. The summed E-state index contributed by atoms with van der Waals surface area (Å²) in [7, 11) is 1.96. The lowest BCUT2D eigenvalue weighted by atomic mass is 10.2. The lowest BCUT2D eigenvalue weighted by Crippen LogP contribution is -2.18. The van der Waals surface area contributed by atoms with E-state index in [4.69, 9.17) is 4.74 Å². The smallest absolute Gasteiger partial charge is 0.133 e. The van der Waals surface area contributed by atoms with Crippen molar-refractivity contribution in [1.29, 1.82) is 0 Å². The van der Waals surface area contributed by atoms with Crippen LogP contribution >= 0.6 is 0 Å². The number of rotatable bonds is 7. The van der Waals surface area contributed by atoms with E-state index in [2.05, 4.69) is 21.6 Å². The molecule has 1 aromatic carbocycles. The Morgan fingerprint density at radius 1 is 1.32 bits per heavy atom. The topological polar surface area (TPSA) is 52.0 Å². The molecule has 0 fully saturated rings. The maximum absolute atomic E-state index is 5.59. The number of para-hydroxylation sites is 1. The molecule has 0 unspecified atom stereocenters. The fraction of sp³-hybridized carbons (Fsp3) is 0.429. The van der Waals surface area contributed by atoms with Gasteiger partial charge in [-0.1, -0.05) is 18.2 Å². The van der Waals surface area contributed by atoms with E-state index in [1.165, 1.54) is 5.56 Å². The van der Waals surface area contributed by atoms with E-state index in [9.17, 15) is 0 Å². The van der Waals surface area contributed by atoms with Crippen molar-refractivity contribution in [3.05, 3.63) is 42.0 Å². The van der Waals surface area contributed by atoms with Gasteiger partial charge in [-0.05, 0) is 13.0 Å². The molecule has 1 N–H and O–H groups in total. The molecule has 0 aliphatic carbocycles. The standard InChI is InChI=1S/C14H20N4O/c1-3-19-13-7-5-4-6-12(13)10-15-9-8-14-17-16-11-18(14)2/h4-7,11,15H,3,8-10H2,1-2H3. The molecule has 2 aromatic rings. The van der Waals surface area contributed by atoms with E-state index in [0.717, 1.165) is 31.1 Å². The van der Waals surface area contributed by atoms with Gasteiger partial charge in [0.1, 0.15) is 17.9 Å². The minimum absolute atomic E-state index is 0.690. The monoisotopic (exact) mass is 260 g/mol. The van der Waals surface area contributed by atoms with Gasteiger partial charge >= 0.3 is 0 Å². The lowest BCUT2D eigenvalue weighted by molar-refractivity contribution is 0.335. The van der Waals surface area contributed by atoms with Gasteiger partial charge in [0.2, 0.25) is 0 Å². The van der Waals surface area contributed by atoms with Crippen molar-refractivity contribution in [2.45, 2.75) is 19.9 Å². The van der Waals surface area contributed by atoms with Crippen molar-refractivity contribution >= 4 is 0 Å². The number of hydrogen-bond donors (Lipinski definition) is 1. The average Bonchev–Trinajstić information content (AvgIpc) is 2.82. The lowest BCUT2D eigenvalue weighted by Gasteiger charge is -2.10. The molecule has 0 atom stereocenters. The molecule has 0 saturated carbocycles. The average molecular weight is 260 g/mol. The minimum Gasteiger partial charge on any atom is -0.494 e. The van der Waals surface area contributed by atoms with Gasteiger partial charge in [0.15, 0.2) is 0 Å². The van der Waals surface area contributed by atoms with E-state index in [-0.39, 0.29) is 0 Å². The zero-order valence-electron chi connectivity index (χ0n) is 11.5. The normalized spacial score (nSPS) is 10.6. The Bertz CT molecular complexity index is 510. The summed E-state index contributed by atoms with van der Waals surface area (Å²) in [6.07, 6.45) is 2.59. The van der Waals surface area contributed by atoms with Crippen LogP contribution in [-0.2, 0) is 20.0 Å². The van der Waals surface area contributed by atoms with Gasteiger partial charge < -0.3 is 14.6 Å². The Hall–Kier alpha value is -1.88. The molecule has 5 nitrogen and oxygen atoms in total. The molecule has 1 heterocycles. The molecule has 19 heavy (non-hydrogen) atoms. The highest BCUT2D eigenvalue weighted by Crippen LogP contribution is 2.17. The SMILES string of the molecule is CCOc1ccccc1CNCCc1nncn1C. The second-order valence-corrected chi connectivity index (χ2v) is 4.33. The summed E-state index contributed by atoms with van der Waals surface area (Å²) in [5, 5.41) is 11.3. The van der Waals surface area contributed by atoms with Crippen LogP contribution in [0, 0.1) is 0 Å². The van der Waals surface area contributed by atoms with E-state index in [0.29, 0.717) is 6.61 Å². The molecular weight excluding hydrogens is 240 g/mol. The van der Waals surface area contributed by atoms with E-state index < -0.39 is 0 Å². The first-order chi connectivity index (χ1) is 9.31. The van der Waals surface area contributed by atoms with Crippen molar-refractivity contribution in [2.75, 3.05) is 13.2 Å². The van der Waals surface area contributed by atoms with Crippen LogP contribution in [0.4, 0.5) is 0 Å². The van der Waals surface area contributed by atoms with Gasteiger partial charge in [0.25, 0.3) is 0 Å². The van der Waals surface area contributed by atoms with Crippen LogP contribution in [0.2, 0.25) is 0 Å². The molecule has 0 spiro atoms. The van der Waals surface area contributed by atoms with Crippen molar-refractivity contribution < 1.29 is 4.74 Å². The van der Waals surface area contributed by atoms with Crippen LogP contribution in [0.3, 0.4) is 0 Å². The van der Waals surface area contributed by atoms with E-state index in [1.807, 2.05) is 36.7 Å². The highest BCUT2D eigenvalue weighted by molar-refractivity contribution is 5.33. The highest BCUT2D eigenvalue weighted by Gasteiger charge is 2.03. The van der Waals surface area contributed by atoms with Crippen molar-refractivity contribution in [3.8, 4) is 5.75 Å². The summed E-state index contributed by atoms with van der Waals surface area (Å²) < 4.78 is 7.53. The van der Waals surface area contributed by atoms with Gasteiger partial charge in [-0.2, -0.15) is 0 Å². The number of benzene rings is 1. The predicted octanol–water partition coefficient (Wildman–Crippen LogP) is 1.55. The van der Waals surface area contributed by atoms with Crippen LogP contribution in [0.5, 0.6) is 5.75 Å². The largest absolute Gasteiger partial charge is 0.494 e. The Morgan fingerprint density at radius 3 is 2.89 bits per heavy atom. The van der Waals surface area contributed by atoms with Crippen LogP contribution in [0.1, 0.15) is 18.3 Å². The first-order valence-corrected chi connectivity index (χ1v) is 6.55. The van der Waals surface area contributed by atoms with Crippen LogP contribution in [0.25, 0.3) is 0 Å². The summed E-state index contributed by atoms with van der Waals surface area (Å²) in [4.78, 5) is 0. The Kier molecular flexibility index (Phi) is 4.92. The van der Waals surface area contributed by atoms with Gasteiger partial charge in [0.05, 0.1) is 6.61 Å². The number of aromatic nitrogens is 3. The van der Waals surface area contributed by atoms with Crippen LogP contribution < -0.4 is 10.1 Å². The molecule has 0 bridgehead atoms. The number of nitrogens with zero attached hydrogens (tertiary/aromatic N) is 3. The molecule has 5 heteroatoms. The fourth-order valence-electron chi connectivity index (χ4n) is 1.90. The maximum atomic E-state index is 5.59. The number of aryl methyl sites for hydroxylation is 1.